The van der Waals surface area contributed by atoms with Gasteiger partial charge in [0, 0.05) is 10.0 Å². The summed E-state index contributed by atoms with van der Waals surface area (Å²) in [6.45, 7) is 3.93. The molecule has 0 atom stereocenters. The average molecular weight is 411 g/mol. The smallest absolute Gasteiger partial charge is 0.0576 e. The second kappa shape index (κ2) is 9.40. The van der Waals surface area contributed by atoms with Gasteiger partial charge in [0.1, 0.15) is 0 Å². The van der Waals surface area contributed by atoms with Crippen LogP contribution in [0.3, 0.4) is 0 Å². The number of nitrogens with zero attached hydrogens (tertiary/aromatic N) is 2. The maximum absolute atomic E-state index is 6.11. The normalized spacial score (nSPS) is 11.3. The van der Waals surface area contributed by atoms with Crippen molar-refractivity contribution in [1.82, 2.24) is 0 Å². The highest BCUT2D eigenvalue weighted by molar-refractivity contribution is 6.31. The molecule has 3 rings (SSSR count). The zero-order valence-corrected chi connectivity index (χ0v) is 17.1. The van der Waals surface area contributed by atoms with Crippen molar-refractivity contribution < 1.29 is 0 Å². The molecule has 2 N–H and O–H groups in total. The van der Waals surface area contributed by atoms with E-state index in [1.54, 1.807) is 12.4 Å². The summed E-state index contributed by atoms with van der Waals surface area (Å²) in [4.78, 5) is 0. The highest BCUT2D eigenvalue weighted by Crippen LogP contribution is 2.20. The summed E-state index contributed by atoms with van der Waals surface area (Å²) in [5.74, 6) is 0. The lowest BCUT2D eigenvalue weighted by Gasteiger charge is -2.03. The third-order valence-corrected chi connectivity index (χ3v) is 4.91. The van der Waals surface area contributed by atoms with E-state index >= 15 is 0 Å². The highest BCUT2D eigenvalue weighted by Gasteiger charge is 1.97. The van der Waals surface area contributed by atoms with Gasteiger partial charge in [-0.15, -0.1) is 0 Å². The highest BCUT2D eigenvalue weighted by atomic mass is 35.5. The van der Waals surface area contributed by atoms with E-state index in [4.69, 9.17) is 23.2 Å². The first-order valence-electron chi connectivity index (χ1n) is 8.72. The number of hydrogen-bond acceptors (Lipinski definition) is 4. The maximum atomic E-state index is 6.11. The molecule has 0 amide bonds. The van der Waals surface area contributed by atoms with E-state index in [1.165, 1.54) is 0 Å². The predicted octanol–water partition coefficient (Wildman–Crippen LogP) is 6.50. The molecule has 0 unspecified atom stereocenters. The summed E-state index contributed by atoms with van der Waals surface area (Å²) < 4.78 is 0. The van der Waals surface area contributed by atoms with Crippen LogP contribution in [0.25, 0.3) is 0 Å². The third-order valence-electron chi connectivity index (χ3n) is 4.09. The number of halogens is 2. The second-order valence-corrected chi connectivity index (χ2v) is 7.15. The van der Waals surface area contributed by atoms with E-state index in [-0.39, 0.29) is 0 Å². The average Bonchev–Trinajstić information content (AvgIpc) is 2.69. The number of aryl methyl sites for hydroxylation is 2. The molecule has 0 saturated carbocycles. The third kappa shape index (κ3) is 5.59. The Kier molecular flexibility index (Phi) is 6.69. The molecule has 4 nitrogen and oxygen atoms in total. The number of hydrazone groups is 2. The van der Waals surface area contributed by atoms with E-state index in [9.17, 15) is 0 Å². The predicted molar refractivity (Wildman–Crippen MR) is 121 cm³/mol. The fourth-order valence-electron chi connectivity index (χ4n) is 2.36. The number of nitrogens with one attached hydrogen (secondary N) is 2. The van der Waals surface area contributed by atoms with Gasteiger partial charge in [0.15, 0.2) is 0 Å². The molecule has 0 bridgehead atoms. The Balaban J connectivity index is 1.55. The summed E-state index contributed by atoms with van der Waals surface area (Å²) in [5, 5.41) is 9.90. The minimum atomic E-state index is 0.713. The van der Waals surface area contributed by atoms with Crippen LogP contribution in [0.15, 0.2) is 70.9 Å². The first-order chi connectivity index (χ1) is 13.5. The van der Waals surface area contributed by atoms with Crippen molar-refractivity contribution in [2.75, 3.05) is 10.9 Å². The standard InChI is InChI=1S/C22H20Cl2N4/c1-15-3-9-19(11-21(15)23)27-25-13-17-5-7-18(8-6-17)14-26-28-20-10-4-16(2)22(24)12-20/h3-14,27-28H,1-2H3/b25-13+,26-14+. The molecule has 0 radical (unpaired) electrons. The van der Waals surface area contributed by atoms with Gasteiger partial charge < -0.3 is 0 Å². The Morgan fingerprint density at radius 2 is 1.04 bits per heavy atom. The van der Waals surface area contributed by atoms with Gasteiger partial charge in [0.2, 0.25) is 0 Å². The summed E-state index contributed by atoms with van der Waals surface area (Å²) in [6.07, 6.45) is 3.50. The van der Waals surface area contributed by atoms with Crippen molar-refractivity contribution in [3.8, 4) is 0 Å². The molecule has 28 heavy (non-hydrogen) atoms. The lowest BCUT2D eigenvalue weighted by molar-refractivity contribution is 1.33. The van der Waals surface area contributed by atoms with Crippen LogP contribution < -0.4 is 10.9 Å². The number of rotatable bonds is 6. The lowest BCUT2D eigenvalue weighted by atomic mass is 10.2. The van der Waals surface area contributed by atoms with Crippen LogP contribution in [0, 0.1) is 13.8 Å². The van der Waals surface area contributed by atoms with E-state index in [0.717, 1.165) is 33.6 Å². The van der Waals surface area contributed by atoms with Gasteiger partial charge in [0.05, 0.1) is 23.8 Å². The van der Waals surface area contributed by atoms with Crippen molar-refractivity contribution in [1.29, 1.82) is 0 Å². The molecule has 142 valence electrons. The number of hydrogen-bond donors (Lipinski definition) is 2. The second-order valence-electron chi connectivity index (χ2n) is 6.33. The minimum Gasteiger partial charge on any atom is -0.278 e. The quantitative estimate of drug-likeness (QED) is 0.359. The van der Waals surface area contributed by atoms with Crippen LogP contribution in [0.1, 0.15) is 22.3 Å². The monoisotopic (exact) mass is 410 g/mol. The SMILES string of the molecule is Cc1ccc(N/N=C/c2ccc(/C=N/Nc3ccc(C)c(Cl)c3)cc2)cc1Cl. The molecule has 0 fully saturated rings. The van der Waals surface area contributed by atoms with Crippen LogP contribution in [0.2, 0.25) is 10.0 Å². The molecule has 0 aliphatic rings. The Morgan fingerprint density at radius 3 is 1.39 bits per heavy atom. The fraction of sp³-hybridized carbons (Fsp3) is 0.0909. The van der Waals surface area contributed by atoms with Crippen LogP contribution >= 0.6 is 23.2 Å². The molecule has 0 aromatic heterocycles. The largest absolute Gasteiger partial charge is 0.278 e. The van der Waals surface area contributed by atoms with Crippen molar-refractivity contribution >= 4 is 47.0 Å². The van der Waals surface area contributed by atoms with E-state index in [2.05, 4.69) is 21.1 Å². The summed E-state index contributed by atoms with van der Waals surface area (Å²) in [6, 6.07) is 19.4. The molecule has 0 heterocycles. The van der Waals surface area contributed by atoms with E-state index in [0.29, 0.717) is 10.0 Å². The van der Waals surface area contributed by atoms with Crippen molar-refractivity contribution in [2.24, 2.45) is 10.2 Å². The van der Waals surface area contributed by atoms with Gasteiger partial charge in [0.25, 0.3) is 0 Å². The molecule has 3 aromatic carbocycles. The molecule has 0 saturated heterocycles. The zero-order valence-electron chi connectivity index (χ0n) is 15.6. The Morgan fingerprint density at radius 1 is 0.643 bits per heavy atom. The van der Waals surface area contributed by atoms with Crippen LogP contribution in [0.5, 0.6) is 0 Å². The molecule has 3 aromatic rings. The Hall–Kier alpha value is -2.82. The molecule has 6 heteroatoms. The van der Waals surface area contributed by atoms with Gasteiger partial charge in [-0.1, -0.05) is 59.6 Å². The molecular formula is C22H20Cl2N4. The van der Waals surface area contributed by atoms with Gasteiger partial charge >= 0.3 is 0 Å². The molecule has 0 aliphatic carbocycles. The van der Waals surface area contributed by atoms with Crippen LogP contribution in [-0.4, -0.2) is 12.4 Å². The maximum Gasteiger partial charge on any atom is 0.0576 e. The first kappa shape index (κ1) is 19.9. The van der Waals surface area contributed by atoms with Crippen LogP contribution in [0.4, 0.5) is 11.4 Å². The van der Waals surface area contributed by atoms with Gasteiger partial charge in [-0.25, -0.2) is 0 Å². The van der Waals surface area contributed by atoms with E-state index in [1.807, 2.05) is 74.5 Å². The first-order valence-corrected chi connectivity index (χ1v) is 9.47. The molecule has 0 spiro atoms. The van der Waals surface area contributed by atoms with Crippen LogP contribution in [-0.2, 0) is 0 Å². The van der Waals surface area contributed by atoms with Crippen molar-refractivity contribution in [2.45, 2.75) is 13.8 Å². The fourth-order valence-corrected chi connectivity index (χ4v) is 2.72. The van der Waals surface area contributed by atoms with Gasteiger partial charge in [-0.2, -0.15) is 10.2 Å². The number of benzene rings is 3. The van der Waals surface area contributed by atoms with Crippen molar-refractivity contribution in [3.05, 3.63) is 93.0 Å². The molecule has 0 aliphatic heterocycles. The molecular weight excluding hydrogens is 391 g/mol. The van der Waals surface area contributed by atoms with Gasteiger partial charge in [-0.3, -0.25) is 10.9 Å². The minimum absolute atomic E-state index is 0.713. The zero-order chi connectivity index (χ0) is 19.9. The Labute approximate surface area is 174 Å². The Bertz CT molecular complexity index is 929. The topological polar surface area (TPSA) is 48.8 Å². The van der Waals surface area contributed by atoms with E-state index < -0.39 is 0 Å². The van der Waals surface area contributed by atoms with Gasteiger partial charge in [-0.05, 0) is 60.4 Å². The number of anilines is 2. The summed E-state index contributed by atoms with van der Waals surface area (Å²) in [5.41, 5.74) is 11.7. The summed E-state index contributed by atoms with van der Waals surface area (Å²) >= 11 is 12.2. The summed E-state index contributed by atoms with van der Waals surface area (Å²) in [7, 11) is 0. The lowest BCUT2D eigenvalue weighted by Crippen LogP contribution is -1.93. The van der Waals surface area contributed by atoms with Crippen molar-refractivity contribution in [3.63, 3.8) is 0 Å².